The third-order valence-corrected chi connectivity index (χ3v) is 5.59. The molecule has 7 heteroatoms. The first-order chi connectivity index (χ1) is 14.0. The molecule has 0 bridgehead atoms. The molecule has 0 fully saturated rings. The zero-order valence-corrected chi connectivity index (χ0v) is 15.3. The van der Waals surface area contributed by atoms with Crippen LogP contribution in [0.15, 0.2) is 69.0 Å². The van der Waals surface area contributed by atoms with Gasteiger partial charge in [0.05, 0.1) is 16.2 Å². The molecule has 2 aliphatic rings. The van der Waals surface area contributed by atoms with Crippen molar-refractivity contribution < 1.29 is 14.1 Å². The number of hydrogen-bond donors (Lipinski definition) is 1. The van der Waals surface area contributed by atoms with Crippen LogP contribution in [0.2, 0.25) is 0 Å². The van der Waals surface area contributed by atoms with Crippen molar-refractivity contribution in [1.29, 1.82) is 0 Å². The van der Waals surface area contributed by atoms with Gasteiger partial charge in [0.2, 0.25) is 0 Å². The number of nitro benzene ring substituents is 1. The molecule has 3 aromatic rings. The molecule has 0 amide bonds. The highest BCUT2D eigenvalue weighted by Gasteiger charge is 2.38. The minimum Gasteiger partial charge on any atom is -0.422 e. The van der Waals surface area contributed by atoms with Crippen molar-refractivity contribution in [1.82, 2.24) is 0 Å². The summed E-state index contributed by atoms with van der Waals surface area (Å²) in [6.45, 7) is 0. The quantitative estimate of drug-likeness (QED) is 0.400. The molecule has 1 aliphatic carbocycles. The van der Waals surface area contributed by atoms with Crippen molar-refractivity contribution in [3.8, 4) is 0 Å². The van der Waals surface area contributed by atoms with Crippen LogP contribution in [0.25, 0.3) is 11.0 Å². The second kappa shape index (κ2) is 6.41. The molecule has 5 rings (SSSR count). The number of non-ortho nitro benzene ring substituents is 1. The fraction of sp³-hybridized carbons (Fsp3) is 0.182. The van der Waals surface area contributed by atoms with Crippen molar-refractivity contribution in [2.45, 2.75) is 25.2 Å². The van der Waals surface area contributed by atoms with Crippen LogP contribution in [0.5, 0.6) is 0 Å². The lowest BCUT2D eigenvalue weighted by Gasteiger charge is -2.33. The lowest BCUT2D eigenvalue weighted by Crippen LogP contribution is -2.30. The van der Waals surface area contributed by atoms with Crippen molar-refractivity contribution in [3.05, 3.63) is 91.5 Å². The second-order valence-corrected chi connectivity index (χ2v) is 7.25. The van der Waals surface area contributed by atoms with Gasteiger partial charge >= 0.3 is 5.63 Å². The fourth-order valence-corrected chi connectivity index (χ4v) is 4.31. The van der Waals surface area contributed by atoms with E-state index in [1.807, 2.05) is 12.1 Å². The summed E-state index contributed by atoms with van der Waals surface area (Å²) in [6, 6.07) is 13.3. The van der Waals surface area contributed by atoms with Gasteiger partial charge in [-0.15, -0.1) is 0 Å². The second-order valence-electron chi connectivity index (χ2n) is 7.25. The maximum atomic E-state index is 13.0. The lowest BCUT2D eigenvalue weighted by atomic mass is 9.75. The van der Waals surface area contributed by atoms with Gasteiger partial charge in [0.15, 0.2) is 5.78 Å². The summed E-state index contributed by atoms with van der Waals surface area (Å²) in [5.41, 5.74) is 2.95. The molecule has 2 aromatic carbocycles. The number of nitro groups is 1. The number of para-hydroxylation sites is 1. The maximum Gasteiger partial charge on any atom is 0.342 e. The summed E-state index contributed by atoms with van der Waals surface area (Å²) < 4.78 is 5.55. The predicted molar refractivity (Wildman–Crippen MR) is 107 cm³/mol. The molecule has 1 N–H and O–H groups in total. The van der Waals surface area contributed by atoms with Gasteiger partial charge < -0.3 is 9.73 Å². The molecule has 144 valence electrons. The Morgan fingerprint density at radius 1 is 1.03 bits per heavy atom. The van der Waals surface area contributed by atoms with Crippen molar-refractivity contribution in [3.63, 3.8) is 0 Å². The Balaban J connectivity index is 1.80. The first kappa shape index (κ1) is 17.4. The number of carbonyl (C=O) groups is 1. The highest BCUT2D eigenvalue weighted by atomic mass is 16.6. The Morgan fingerprint density at radius 3 is 2.55 bits per heavy atom. The van der Waals surface area contributed by atoms with Crippen LogP contribution in [-0.2, 0) is 4.79 Å². The van der Waals surface area contributed by atoms with Gasteiger partial charge in [-0.2, -0.15) is 0 Å². The standard InChI is InChI=1S/C22H16N2O5/c25-16-6-3-5-15-19(16)18(12-8-10-13(11-9-12)24(27)28)20-21(23-15)14-4-1-2-7-17(14)29-22(20)26/h1-2,4,7-11,18,23H,3,5-6H2. The summed E-state index contributed by atoms with van der Waals surface area (Å²) in [4.78, 5) is 36.4. The minimum absolute atomic E-state index is 0.0136. The van der Waals surface area contributed by atoms with Gasteiger partial charge in [-0.05, 0) is 30.5 Å². The third kappa shape index (κ3) is 2.66. The van der Waals surface area contributed by atoms with E-state index in [-0.39, 0.29) is 11.5 Å². The number of anilines is 1. The Bertz CT molecular complexity index is 1270. The summed E-state index contributed by atoms with van der Waals surface area (Å²) in [5, 5.41) is 15.1. The van der Waals surface area contributed by atoms with E-state index >= 15 is 0 Å². The van der Waals surface area contributed by atoms with Gasteiger partial charge in [-0.1, -0.05) is 24.3 Å². The average Bonchev–Trinajstić information content (AvgIpc) is 2.73. The lowest BCUT2D eigenvalue weighted by molar-refractivity contribution is -0.384. The molecule has 1 aromatic heterocycles. The molecule has 29 heavy (non-hydrogen) atoms. The normalized spacial score (nSPS) is 18.2. The van der Waals surface area contributed by atoms with Crippen molar-refractivity contribution in [2.24, 2.45) is 0 Å². The molecule has 0 radical (unpaired) electrons. The van der Waals surface area contributed by atoms with Gasteiger partial charge in [0, 0.05) is 41.1 Å². The van der Waals surface area contributed by atoms with E-state index in [9.17, 15) is 19.7 Å². The predicted octanol–water partition coefficient (Wildman–Crippen LogP) is 4.27. The first-order valence-electron chi connectivity index (χ1n) is 9.38. The average molecular weight is 388 g/mol. The Labute approximate surface area is 164 Å². The SMILES string of the molecule is O=C1CCCC2=C1C(c1ccc([N+](=O)[O-])cc1)c1c(c3ccccc3oc1=O)N2. The Hall–Kier alpha value is -3.74. The minimum atomic E-state index is -0.615. The van der Waals surface area contributed by atoms with E-state index in [1.165, 1.54) is 12.1 Å². The monoisotopic (exact) mass is 388 g/mol. The number of Topliss-reactive ketones (excluding diaryl/α,β-unsaturated/α-hetero) is 1. The van der Waals surface area contributed by atoms with Gasteiger partial charge in [0.1, 0.15) is 5.58 Å². The smallest absolute Gasteiger partial charge is 0.342 e. The zero-order chi connectivity index (χ0) is 20.1. The van der Waals surface area contributed by atoms with E-state index in [0.29, 0.717) is 40.8 Å². The van der Waals surface area contributed by atoms with Crippen molar-refractivity contribution >= 4 is 28.1 Å². The molecule has 7 nitrogen and oxygen atoms in total. The van der Waals surface area contributed by atoms with Crippen molar-refractivity contribution in [2.75, 3.05) is 5.32 Å². The molecule has 1 atom stereocenters. The van der Waals surface area contributed by atoms with E-state index in [4.69, 9.17) is 4.42 Å². The number of benzene rings is 2. The molecule has 1 unspecified atom stereocenters. The van der Waals surface area contributed by atoms with Crippen LogP contribution in [0, 0.1) is 10.1 Å². The third-order valence-electron chi connectivity index (χ3n) is 5.59. The number of hydrogen-bond acceptors (Lipinski definition) is 6. The number of carbonyl (C=O) groups excluding carboxylic acids is 1. The van der Waals surface area contributed by atoms with Crippen LogP contribution in [-0.4, -0.2) is 10.7 Å². The molecule has 0 saturated heterocycles. The first-order valence-corrected chi connectivity index (χ1v) is 9.38. The highest BCUT2D eigenvalue weighted by Crippen LogP contribution is 2.46. The van der Waals surface area contributed by atoms with E-state index in [2.05, 4.69) is 5.32 Å². The molecular weight excluding hydrogens is 372 g/mol. The summed E-state index contributed by atoms with van der Waals surface area (Å²) in [5.74, 6) is -0.629. The van der Waals surface area contributed by atoms with E-state index < -0.39 is 16.5 Å². The number of rotatable bonds is 2. The molecule has 2 heterocycles. The van der Waals surface area contributed by atoms with Gasteiger partial charge in [-0.3, -0.25) is 14.9 Å². The Morgan fingerprint density at radius 2 is 1.79 bits per heavy atom. The van der Waals surface area contributed by atoms with Gasteiger partial charge in [0.25, 0.3) is 5.69 Å². The van der Waals surface area contributed by atoms with Crippen LogP contribution < -0.4 is 10.9 Å². The largest absolute Gasteiger partial charge is 0.422 e. The fourth-order valence-electron chi connectivity index (χ4n) is 4.31. The topological polar surface area (TPSA) is 102 Å². The summed E-state index contributed by atoms with van der Waals surface area (Å²) in [6.07, 6.45) is 1.86. The van der Waals surface area contributed by atoms with Crippen LogP contribution in [0.1, 0.15) is 36.3 Å². The number of nitrogens with zero attached hydrogens (tertiary/aromatic N) is 1. The van der Waals surface area contributed by atoms with Gasteiger partial charge in [-0.25, -0.2) is 4.79 Å². The molecule has 0 saturated carbocycles. The summed E-state index contributed by atoms with van der Waals surface area (Å²) in [7, 11) is 0. The highest BCUT2D eigenvalue weighted by molar-refractivity contribution is 6.03. The van der Waals surface area contributed by atoms with Crippen LogP contribution in [0.3, 0.4) is 0 Å². The molecule has 0 spiro atoms. The Kier molecular flexibility index (Phi) is 3.84. The van der Waals surface area contributed by atoms with E-state index in [0.717, 1.165) is 17.5 Å². The number of ketones is 1. The zero-order valence-electron chi connectivity index (χ0n) is 15.3. The maximum absolute atomic E-state index is 13.0. The molecule has 1 aliphatic heterocycles. The van der Waals surface area contributed by atoms with Crippen LogP contribution >= 0.6 is 0 Å². The number of fused-ring (bicyclic) bond motifs is 3. The van der Waals surface area contributed by atoms with Crippen LogP contribution in [0.4, 0.5) is 11.4 Å². The number of nitrogens with one attached hydrogen (secondary N) is 1. The molecular formula is C22H16N2O5. The summed E-state index contributed by atoms with van der Waals surface area (Å²) >= 11 is 0. The number of allylic oxidation sites excluding steroid dienone is 2. The van der Waals surface area contributed by atoms with E-state index in [1.54, 1.807) is 24.3 Å².